The standard InChI is InChI=1S/C13H8BrClO/c14-13-10(8-16)6-7-11(15)12(13)9-4-2-1-3-5-9/h1-8H. The first-order valence-corrected chi connectivity index (χ1v) is 5.89. The molecular formula is C13H8BrClO. The summed E-state index contributed by atoms with van der Waals surface area (Å²) in [5.41, 5.74) is 2.44. The zero-order valence-electron chi connectivity index (χ0n) is 8.28. The van der Waals surface area contributed by atoms with E-state index >= 15 is 0 Å². The summed E-state index contributed by atoms with van der Waals surface area (Å²) >= 11 is 9.56. The van der Waals surface area contributed by atoms with Gasteiger partial charge in [0.05, 0.1) is 0 Å². The molecule has 0 aromatic heterocycles. The minimum absolute atomic E-state index is 0.600. The molecule has 2 rings (SSSR count). The van der Waals surface area contributed by atoms with E-state index in [1.54, 1.807) is 12.1 Å². The van der Waals surface area contributed by atoms with Crippen LogP contribution in [0.4, 0.5) is 0 Å². The van der Waals surface area contributed by atoms with Gasteiger partial charge < -0.3 is 0 Å². The van der Waals surface area contributed by atoms with E-state index in [0.29, 0.717) is 10.6 Å². The van der Waals surface area contributed by atoms with Crippen molar-refractivity contribution < 1.29 is 4.79 Å². The van der Waals surface area contributed by atoms with Crippen LogP contribution >= 0.6 is 27.5 Å². The van der Waals surface area contributed by atoms with Crippen molar-refractivity contribution in [2.24, 2.45) is 0 Å². The Kier molecular flexibility index (Phi) is 3.42. The molecule has 0 radical (unpaired) electrons. The molecule has 0 fully saturated rings. The number of rotatable bonds is 2. The lowest BCUT2D eigenvalue weighted by Crippen LogP contribution is -1.88. The fraction of sp³-hybridized carbons (Fsp3) is 0. The number of benzene rings is 2. The van der Waals surface area contributed by atoms with Crippen molar-refractivity contribution in [3.63, 3.8) is 0 Å². The van der Waals surface area contributed by atoms with Crippen LogP contribution in [-0.2, 0) is 0 Å². The molecule has 0 heterocycles. The highest BCUT2D eigenvalue weighted by Crippen LogP contribution is 2.36. The Balaban J connectivity index is 2.69. The van der Waals surface area contributed by atoms with Gasteiger partial charge in [-0.25, -0.2) is 0 Å². The maximum atomic E-state index is 10.8. The van der Waals surface area contributed by atoms with Gasteiger partial charge in [0.2, 0.25) is 0 Å². The van der Waals surface area contributed by atoms with E-state index in [2.05, 4.69) is 15.9 Å². The number of halogens is 2. The molecule has 3 heteroatoms. The topological polar surface area (TPSA) is 17.1 Å². The Labute approximate surface area is 107 Å². The number of hydrogen-bond acceptors (Lipinski definition) is 1. The average molecular weight is 296 g/mol. The van der Waals surface area contributed by atoms with Crippen LogP contribution in [0.5, 0.6) is 0 Å². The van der Waals surface area contributed by atoms with E-state index in [-0.39, 0.29) is 0 Å². The van der Waals surface area contributed by atoms with Crippen molar-refractivity contribution in [2.75, 3.05) is 0 Å². The van der Waals surface area contributed by atoms with Crippen molar-refractivity contribution in [1.29, 1.82) is 0 Å². The van der Waals surface area contributed by atoms with Crippen LogP contribution < -0.4 is 0 Å². The Bertz CT molecular complexity index is 523. The van der Waals surface area contributed by atoms with E-state index in [1.165, 1.54) is 0 Å². The third-order valence-electron chi connectivity index (χ3n) is 2.31. The fourth-order valence-corrected chi connectivity index (χ4v) is 2.58. The van der Waals surface area contributed by atoms with Crippen LogP contribution in [0.15, 0.2) is 46.9 Å². The maximum absolute atomic E-state index is 10.8. The number of hydrogen-bond donors (Lipinski definition) is 0. The van der Waals surface area contributed by atoms with Gasteiger partial charge in [0.15, 0.2) is 6.29 Å². The highest BCUT2D eigenvalue weighted by molar-refractivity contribution is 9.10. The number of carbonyl (C=O) groups excluding carboxylic acids is 1. The number of aldehydes is 1. The van der Waals surface area contributed by atoms with Gasteiger partial charge in [-0.3, -0.25) is 4.79 Å². The second-order valence-electron chi connectivity index (χ2n) is 3.31. The number of carbonyl (C=O) groups is 1. The van der Waals surface area contributed by atoms with Gasteiger partial charge in [-0.05, 0) is 33.6 Å². The first-order chi connectivity index (χ1) is 7.74. The van der Waals surface area contributed by atoms with Gasteiger partial charge in [-0.2, -0.15) is 0 Å². The average Bonchev–Trinajstić information content (AvgIpc) is 2.31. The molecule has 0 amide bonds. The van der Waals surface area contributed by atoms with Crippen molar-refractivity contribution in [3.8, 4) is 11.1 Å². The molecule has 0 atom stereocenters. The smallest absolute Gasteiger partial charge is 0.151 e. The zero-order chi connectivity index (χ0) is 11.5. The van der Waals surface area contributed by atoms with Crippen LogP contribution in [0.3, 0.4) is 0 Å². The lowest BCUT2D eigenvalue weighted by atomic mass is 10.0. The monoisotopic (exact) mass is 294 g/mol. The molecule has 2 aromatic rings. The molecule has 0 aliphatic carbocycles. The summed E-state index contributed by atoms with van der Waals surface area (Å²) < 4.78 is 0.737. The molecule has 0 aliphatic heterocycles. The van der Waals surface area contributed by atoms with E-state index in [0.717, 1.165) is 21.9 Å². The predicted molar refractivity (Wildman–Crippen MR) is 70.0 cm³/mol. The molecule has 80 valence electrons. The molecule has 0 N–H and O–H groups in total. The second kappa shape index (κ2) is 4.81. The summed E-state index contributed by atoms with van der Waals surface area (Å²) in [5.74, 6) is 0. The van der Waals surface area contributed by atoms with E-state index in [4.69, 9.17) is 11.6 Å². The minimum Gasteiger partial charge on any atom is -0.298 e. The largest absolute Gasteiger partial charge is 0.298 e. The molecule has 0 saturated heterocycles. The summed E-state index contributed by atoms with van der Waals surface area (Å²) in [4.78, 5) is 10.8. The Morgan fingerprint density at radius 1 is 1.06 bits per heavy atom. The van der Waals surface area contributed by atoms with Crippen LogP contribution in [0.25, 0.3) is 11.1 Å². The molecule has 2 aromatic carbocycles. The van der Waals surface area contributed by atoms with Gasteiger partial charge in [0.1, 0.15) is 0 Å². The van der Waals surface area contributed by atoms with Crippen LogP contribution in [-0.4, -0.2) is 6.29 Å². The van der Waals surface area contributed by atoms with Crippen LogP contribution in [0.1, 0.15) is 10.4 Å². The summed E-state index contributed by atoms with van der Waals surface area (Å²) in [6.45, 7) is 0. The fourth-order valence-electron chi connectivity index (χ4n) is 1.53. The lowest BCUT2D eigenvalue weighted by Gasteiger charge is -2.08. The summed E-state index contributed by atoms with van der Waals surface area (Å²) in [6, 6.07) is 13.2. The summed E-state index contributed by atoms with van der Waals surface area (Å²) in [7, 11) is 0. The van der Waals surface area contributed by atoms with E-state index < -0.39 is 0 Å². The minimum atomic E-state index is 0.600. The highest BCUT2D eigenvalue weighted by Gasteiger charge is 2.11. The summed E-state index contributed by atoms with van der Waals surface area (Å²) in [5, 5.41) is 0.628. The van der Waals surface area contributed by atoms with Gasteiger partial charge in [0.25, 0.3) is 0 Å². The highest BCUT2D eigenvalue weighted by atomic mass is 79.9. The molecule has 0 saturated carbocycles. The van der Waals surface area contributed by atoms with E-state index in [9.17, 15) is 4.79 Å². The Morgan fingerprint density at radius 2 is 1.75 bits per heavy atom. The first-order valence-electron chi connectivity index (χ1n) is 4.72. The van der Waals surface area contributed by atoms with Crippen molar-refractivity contribution in [2.45, 2.75) is 0 Å². The normalized spacial score (nSPS) is 10.1. The first kappa shape index (κ1) is 11.4. The van der Waals surface area contributed by atoms with Crippen LogP contribution in [0, 0.1) is 0 Å². The third kappa shape index (κ3) is 2.04. The quantitative estimate of drug-likeness (QED) is 0.741. The Morgan fingerprint density at radius 3 is 2.38 bits per heavy atom. The predicted octanol–water partition coefficient (Wildman–Crippen LogP) is 4.58. The maximum Gasteiger partial charge on any atom is 0.151 e. The van der Waals surface area contributed by atoms with E-state index in [1.807, 2.05) is 30.3 Å². The molecule has 0 unspecified atom stereocenters. The molecule has 0 aliphatic rings. The zero-order valence-corrected chi connectivity index (χ0v) is 10.6. The van der Waals surface area contributed by atoms with Gasteiger partial charge >= 0.3 is 0 Å². The lowest BCUT2D eigenvalue weighted by molar-refractivity contribution is 0.112. The molecule has 1 nitrogen and oxygen atoms in total. The molecule has 16 heavy (non-hydrogen) atoms. The van der Waals surface area contributed by atoms with Gasteiger partial charge in [-0.15, -0.1) is 0 Å². The second-order valence-corrected chi connectivity index (χ2v) is 4.51. The Hall–Kier alpha value is -1.12. The molecule has 0 spiro atoms. The summed E-state index contributed by atoms with van der Waals surface area (Å²) in [6.07, 6.45) is 0.812. The van der Waals surface area contributed by atoms with Gasteiger partial charge in [0, 0.05) is 20.6 Å². The van der Waals surface area contributed by atoms with Crippen molar-refractivity contribution in [3.05, 3.63) is 57.5 Å². The van der Waals surface area contributed by atoms with Crippen molar-refractivity contribution >= 4 is 33.8 Å². The third-order valence-corrected chi connectivity index (χ3v) is 3.48. The molecule has 0 bridgehead atoms. The van der Waals surface area contributed by atoms with Gasteiger partial charge in [-0.1, -0.05) is 41.9 Å². The SMILES string of the molecule is O=Cc1ccc(Cl)c(-c2ccccc2)c1Br. The molecular weight excluding hydrogens is 287 g/mol. The van der Waals surface area contributed by atoms with Crippen LogP contribution in [0.2, 0.25) is 5.02 Å². The van der Waals surface area contributed by atoms with Crippen molar-refractivity contribution in [1.82, 2.24) is 0 Å².